The van der Waals surface area contributed by atoms with Crippen LogP contribution in [0.3, 0.4) is 0 Å². The van der Waals surface area contributed by atoms with Gasteiger partial charge in [0.15, 0.2) is 0 Å². The monoisotopic (exact) mass is 267 g/mol. The van der Waals surface area contributed by atoms with Crippen molar-refractivity contribution in [2.24, 2.45) is 0 Å². The summed E-state index contributed by atoms with van der Waals surface area (Å²) in [6.07, 6.45) is -0.641. The highest BCUT2D eigenvalue weighted by Gasteiger charge is 2.40. The number of alkyl halides is 3. The van der Waals surface area contributed by atoms with Crippen molar-refractivity contribution >= 4 is 10.9 Å². The van der Waals surface area contributed by atoms with Crippen molar-refractivity contribution in [3.05, 3.63) is 35.5 Å². The average Bonchev–Trinajstić information content (AvgIpc) is 2.65. The van der Waals surface area contributed by atoms with Crippen molar-refractivity contribution < 1.29 is 18.3 Å². The summed E-state index contributed by atoms with van der Waals surface area (Å²) in [5.41, 5.74) is -0.622. The molecule has 0 saturated heterocycles. The van der Waals surface area contributed by atoms with Gasteiger partial charge < -0.3 is 9.67 Å². The van der Waals surface area contributed by atoms with Crippen molar-refractivity contribution in [1.82, 2.24) is 4.57 Å². The van der Waals surface area contributed by atoms with Crippen LogP contribution >= 0.6 is 0 Å². The maximum Gasteiger partial charge on any atom is 0.431 e. The van der Waals surface area contributed by atoms with Gasteiger partial charge in [-0.1, -0.05) is 24.1 Å². The zero-order valence-corrected chi connectivity index (χ0v) is 10.2. The van der Waals surface area contributed by atoms with E-state index in [0.29, 0.717) is 10.9 Å². The van der Waals surface area contributed by atoms with Crippen molar-refractivity contribution in [1.29, 1.82) is 0 Å². The zero-order valence-electron chi connectivity index (χ0n) is 10.2. The van der Waals surface area contributed by atoms with E-state index in [-0.39, 0.29) is 12.1 Å². The Labute approximate surface area is 108 Å². The third-order valence-corrected chi connectivity index (χ3v) is 2.95. The molecule has 0 bridgehead atoms. The molecule has 100 valence electrons. The van der Waals surface area contributed by atoms with Crippen molar-refractivity contribution in [2.75, 3.05) is 0 Å². The van der Waals surface area contributed by atoms with Crippen molar-refractivity contribution in [3.63, 3.8) is 0 Å². The number of nitrogens with zero attached hydrogens (tertiary/aromatic N) is 1. The van der Waals surface area contributed by atoms with E-state index in [1.54, 1.807) is 24.3 Å². The van der Waals surface area contributed by atoms with Gasteiger partial charge in [-0.15, -0.1) is 6.42 Å². The fourth-order valence-corrected chi connectivity index (χ4v) is 2.31. The Kier molecular flexibility index (Phi) is 3.29. The van der Waals surface area contributed by atoms with Crippen LogP contribution in [0, 0.1) is 12.3 Å². The van der Waals surface area contributed by atoms with Gasteiger partial charge >= 0.3 is 6.18 Å². The highest BCUT2D eigenvalue weighted by molar-refractivity contribution is 5.86. The molecular formula is C14H12F3NO. The van der Waals surface area contributed by atoms with Crippen LogP contribution in [0.25, 0.3) is 10.9 Å². The molecular weight excluding hydrogens is 255 g/mol. The number of halogens is 3. The number of benzene rings is 1. The van der Waals surface area contributed by atoms with Crippen LogP contribution in [-0.2, 0) is 12.7 Å². The number of terminal acetylenes is 1. The normalized spacial score (nSPS) is 13.5. The topological polar surface area (TPSA) is 25.2 Å². The molecule has 1 heterocycles. The first kappa shape index (κ1) is 13.5. The molecule has 1 N–H and O–H groups in total. The van der Waals surface area contributed by atoms with Gasteiger partial charge in [0.2, 0.25) is 0 Å². The lowest BCUT2D eigenvalue weighted by Gasteiger charge is -2.14. The van der Waals surface area contributed by atoms with Gasteiger partial charge in [-0.2, -0.15) is 13.2 Å². The van der Waals surface area contributed by atoms with Crippen molar-refractivity contribution in [2.45, 2.75) is 25.7 Å². The summed E-state index contributed by atoms with van der Waals surface area (Å²) < 4.78 is 40.7. The molecule has 0 fully saturated rings. The van der Waals surface area contributed by atoms with Crippen LogP contribution < -0.4 is 0 Å². The van der Waals surface area contributed by atoms with E-state index in [2.05, 4.69) is 5.92 Å². The molecule has 0 aliphatic carbocycles. The van der Waals surface area contributed by atoms with Crippen LogP contribution in [0.2, 0.25) is 0 Å². The second-order valence-corrected chi connectivity index (χ2v) is 4.24. The molecule has 0 radical (unpaired) electrons. The lowest BCUT2D eigenvalue weighted by molar-refractivity contribution is -0.144. The Hall–Kier alpha value is -1.93. The molecule has 1 aromatic carbocycles. The van der Waals surface area contributed by atoms with E-state index in [9.17, 15) is 18.3 Å². The zero-order chi connectivity index (χ0) is 14.2. The molecule has 0 spiro atoms. The maximum atomic E-state index is 13.2. The molecule has 2 nitrogen and oxygen atoms in total. The van der Waals surface area contributed by atoms with Gasteiger partial charge in [-0.05, 0) is 13.0 Å². The third kappa shape index (κ3) is 2.20. The second kappa shape index (κ2) is 4.63. The van der Waals surface area contributed by atoms with Gasteiger partial charge in [-0.3, -0.25) is 0 Å². The number of fused-ring (bicyclic) bond motifs is 1. The van der Waals surface area contributed by atoms with E-state index >= 15 is 0 Å². The molecule has 0 saturated carbocycles. The quantitative estimate of drug-likeness (QED) is 0.829. The van der Waals surface area contributed by atoms with E-state index < -0.39 is 18.0 Å². The Bertz CT molecular complexity index is 647. The minimum Gasteiger partial charge on any atom is -0.389 e. The lowest BCUT2D eigenvalue weighted by atomic mass is 10.1. The molecule has 2 aromatic rings. The van der Waals surface area contributed by atoms with Crippen LogP contribution in [-0.4, -0.2) is 9.67 Å². The maximum absolute atomic E-state index is 13.2. The Morgan fingerprint density at radius 1 is 1.37 bits per heavy atom. The van der Waals surface area contributed by atoms with Gasteiger partial charge in [0.1, 0.15) is 5.69 Å². The summed E-state index contributed by atoms with van der Waals surface area (Å²) in [5.74, 6) is 2.22. The molecule has 19 heavy (non-hydrogen) atoms. The standard InChI is InChI=1S/C14H12F3NO/c1-3-8-18-11-7-5-4-6-10(11)12(9(2)19)13(18)14(15,16)17/h1,4-7,9,19H,8H2,2H3/t9-/m0/s1. The highest BCUT2D eigenvalue weighted by Crippen LogP contribution is 2.40. The Balaban J connectivity index is 2.93. The second-order valence-electron chi connectivity index (χ2n) is 4.24. The third-order valence-electron chi connectivity index (χ3n) is 2.95. The Morgan fingerprint density at radius 3 is 2.53 bits per heavy atom. The first-order valence-corrected chi connectivity index (χ1v) is 5.67. The van der Waals surface area contributed by atoms with E-state index in [1.165, 1.54) is 6.92 Å². The summed E-state index contributed by atoms with van der Waals surface area (Å²) in [4.78, 5) is 0. The summed E-state index contributed by atoms with van der Waals surface area (Å²) in [7, 11) is 0. The van der Waals surface area contributed by atoms with Crippen LogP contribution in [0.1, 0.15) is 24.3 Å². The smallest absolute Gasteiger partial charge is 0.389 e. The Morgan fingerprint density at radius 2 is 2.00 bits per heavy atom. The van der Waals surface area contributed by atoms with E-state index in [4.69, 9.17) is 6.42 Å². The SMILES string of the molecule is C#CCn1c(C(F)(F)F)c([C@H](C)O)c2ccccc21. The summed E-state index contributed by atoms with van der Waals surface area (Å²) in [6, 6.07) is 6.39. The predicted octanol–water partition coefficient (Wildman–Crippen LogP) is 3.35. The van der Waals surface area contributed by atoms with Crippen LogP contribution in [0.5, 0.6) is 0 Å². The van der Waals surface area contributed by atoms with Gasteiger partial charge in [0, 0.05) is 16.5 Å². The van der Waals surface area contributed by atoms with E-state index in [1.807, 2.05) is 0 Å². The first-order chi connectivity index (χ1) is 8.88. The highest BCUT2D eigenvalue weighted by atomic mass is 19.4. The van der Waals surface area contributed by atoms with Crippen LogP contribution in [0.4, 0.5) is 13.2 Å². The number of aromatic nitrogens is 1. The number of hydrogen-bond acceptors (Lipinski definition) is 1. The lowest BCUT2D eigenvalue weighted by Crippen LogP contribution is -2.16. The number of aliphatic hydroxyl groups excluding tert-OH is 1. The molecule has 5 heteroatoms. The molecule has 0 aliphatic rings. The molecule has 0 amide bonds. The molecule has 0 unspecified atom stereocenters. The number of para-hydroxylation sites is 1. The summed E-state index contributed by atoms with van der Waals surface area (Å²) >= 11 is 0. The van der Waals surface area contributed by atoms with Gasteiger partial charge in [0.05, 0.1) is 12.6 Å². The summed E-state index contributed by atoms with van der Waals surface area (Å²) in [6.45, 7) is 1.12. The average molecular weight is 267 g/mol. The molecule has 0 aliphatic heterocycles. The largest absolute Gasteiger partial charge is 0.431 e. The molecule has 2 rings (SSSR count). The predicted molar refractivity (Wildman–Crippen MR) is 66.4 cm³/mol. The summed E-state index contributed by atoms with van der Waals surface area (Å²) in [5, 5.41) is 10.1. The first-order valence-electron chi connectivity index (χ1n) is 5.67. The minimum atomic E-state index is -4.57. The fraction of sp³-hybridized carbons (Fsp3) is 0.286. The molecule has 1 aromatic heterocycles. The minimum absolute atomic E-state index is 0.127. The number of hydrogen-bond donors (Lipinski definition) is 1. The van der Waals surface area contributed by atoms with E-state index in [0.717, 1.165) is 4.57 Å². The van der Waals surface area contributed by atoms with Crippen LogP contribution in [0.15, 0.2) is 24.3 Å². The fourth-order valence-electron chi connectivity index (χ4n) is 2.31. The van der Waals surface area contributed by atoms with Gasteiger partial charge in [0.25, 0.3) is 0 Å². The van der Waals surface area contributed by atoms with Gasteiger partial charge in [-0.25, -0.2) is 0 Å². The number of rotatable bonds is 2. The van der Waals surface area contributed by atoms with Crippen molar-refractivity contribution in [3.8, 4) is 12.3 Å². The number of aliphatic hydroxyl groups is 1. The molecule has 1 atom stereocenters.